The Morgan fingerprint density at radius 2 is 1.28 bits per heavy atom. The SMILES string of the molecule is Cc1cccc(C)c1OCC(=O)N[C@@H](Cc1ccccc1)C[C@H](O)[C@H](Cc1ccccc1)NC(=O)[C@H](CC(C)C)NC(=O)c1ccc(C(F)(F)F)cc1. The molecular formula is C42H48F3N3O5. The summed E-state index contributed by atoms with van der Waals surface area (Å²) in [6, 6.07) is 25.9. The maximum Gasteiger partial charge on any atom is 0.416 e. The number of aliphatic hydroxyl groups is 1. The maximum absolute atomic E-state index is 13.9. The zero-order chi connectivity index (χ0) is 38.5. The molecule has 0 heterocycles. The lowest BCUT2D eigenvalue weighted by Gasteiger charge is -2.30. The molecule has 0 spiro atoms. The van der Waals surface area contributed by atoms with E-state index in [0.717, 1.165) is 46.5 Å². The number of rotatable bonds is 17. The Bertz CT molecular complexity index is 1760. The number of carbonyl (C=O) groups is 3. The van der Waals surface area contributed by atoms with Crippen molar-refractivity contribution in [1.82, 2.24) is 16.0 Å². The van der Waals surface area contributed by atoms with Crippen molar-refractivity contribution in [3.8, 4) is 5.75 Å². The van der Waals surface area contributed by atoms with Crippen molar-refractivity contribution in [3.63, 3.8) is 0 Å². The van der Waals surface area contributed by atoms with Gasteiger partial charge in [-0.15, -0.1) is 0 Å². The van der Waals surface area contributed by atoms with Crippen LogP contribution < -0.4 is 20.7 Å². The minimum absolute atomic E-state index is 0.0264. The van der Waals surface area contributed by atoms with Gasteiger partial charge in [0.2, 0.25) is 5.91 Å². The molecule has 0 unspecified atom stereocenters. The van der Waals surface area contributed by atoms with Crippen LogP contribution in [0.15, 0.2) is 103 Å². The van der Waals surface area contributed by atoms with Crippen molar-refractivity contribution in [2.24, 2.45) is 5.92 Å². The van der Waals surface area contributed by atoms with Crippen LogP contribution in [0.25, 0.3) is 0 Å². The van der Waals surface area contributed by atoms with Crippen LogP contribution in [0.2, 0.25) is 0 Å². The Morgan fingerprint density at radius 3 is 1.83 bits per heavy atom. The molecule has 4 N–H and O–H groups in total. The Morgan fingerprint density at radius 1 is 0.717 bits per heavy atom. The Kier molecular flexibility index (Phi) is 14.6. The average molecular weight is 732 g/mol. The molecule has 0 saturated carbocycles. The molecule has 0 aliphatic heterocycles. The van der Waals surface area contributed by atoms with Gasteiger partial charge in [-0.05, 0) is 92.0 Å². The molecule has 3 amide bonds. The molecular weight excluding hydrogens is 683 g/mol. The third kappa shape index (κ3) is 12.8. The zero-order valence-electron chi connectivity index (χ0n) is 30.5. The van der Waals surface area contributed by atoms with Crippen molar-refractivity contribution in [1.29, 1.82) is 0 Å². The number of aryl methyl sites for hydroxylation is 2. The largest absolute Gasteiger partial charge is 0.483 e. The summed E-state index contributed by atoms with van der Waals surface area (Å²) in [4.78, 5) is 40.3. The van der Waals surface area contributed by atoms with Crippen molar-refractivity contribution in [3.05, 3.63) is 137 Å². The van der Waals surface area contributed by atoms with E-state index in [1.54, 1.807) is 0 Å². The second-order valence-corrected chi connectivity index (χ2v) is 13.8. The molecule has 4 atom stereocenters. The first-order valence-electron chi connectivity index (χ1n) is 17.7. The summed E-state index contributed by atoms with van der Waals surface area (Å²) in [5, 5.41) is 20.4. The highest BCUT2D eigenvalue weighted by atomic mass is 19.4. The molecule has 4 aromatic rings. The van der Waals surface area contributed by atoms with Gasteiger partial charge in [-0.3, -0.25) is 14.4 Å². The molecule has 53 heavy (non-hydrogen) atoms. The first kappa shape index (κ1) is 40.6. The number of aliphatic hydroxyl groups excluding tert-OH is 1. The van der Waals surface area contributed by atoms with Gasteiger partial charge in [0.05, 0.1) is 17.7 Å². The molecule has 4 rings (SSSR count). The summed E-state index contributed by atoms with van der Waals surface area (Å²) < 4.78 is 45.2. The predicted molar refractivity (Wildman–Crippen MR) is 198 cm³/mol. The number of ether oxygens (including phenoxy) is 1. The molecule has 4 aromatic carbocycles. The second kappa shape index (κ2) is 19.1. The van der Waals surface area contributed by atoms with Crippen LogP contribution in [-0.2, 0) is 28.6 Å². The number of alkyl halides is 3. The number of benzene rings is 4. The van der Waals surface area contributed by atoms with Crippen molar-refractivity contribution in [2.45, 2.75) is 83.8 Å². The lowest BCUT2D eigenvalue weighted by atomic mass is 9.93. The molecule has 0 aliphatic carbocycles. The lowest BCUT2D eigenvalue weighted by Crippen LogP contribution is -2.54. The molecule has 0 bridgehead atoms. The van der Waals surface area contributed by atoms with Gasteiger partial charge in [-0.1, -0.05) is 92.7 Å². The first-order chi connectivity index (χ1) is 25.2. The van der Waals surface area contributed by atoms with E-state index in [4.69, 9.17) is 4.74 Å². The van der Waals surface area contributed by atoms with Crippen LogP contribution in [0.5, 0.6) is 5.75 Å². The van der Waals surface area contributed by atoms with Crippen LogP contribution in [0.1, 0.15) is 64.9 Å². The minimum Gasteiger partial charge on any atom is -0.483 e. The van der Waals surface area contributed by atoms with E-state index >= 15 is 0 Å². The van der Waals surface area contributed by atoms with Gasteiger partial charge >= 0.3 is 6.18 Å². The van der Waals surface area contributed by atoms with Crippen LogP contribution in [-0.4, -0.2) is 53.7 Å². The van der Waals surface area contributed by atoms with Gasteiger partial charge in [0.1, 0.15) is 11.8 Å². The van der Waals surface area contributed by atoms with Gasteiger partial charge in [0.25, 0.3) is 11.8 Å². The molecule has 282 valence electrons. The van der Waals surface area contributed by atoms with Crippen molar-refractivity contribution < 1.29 is 37.4 Å². The number of halogens is 3. The van der Waals surface area contributed by atoms with E-state index < -0.39 is 47.8 Å². The number of para-hydroxylation sites is 1. The monoisotopic (exact) mass is 731 g/mol. The molecule has 0 aromatic heterocycles. The van der Waals surface area contributed by atoms with Crippen LogP contribution in [0.3, 0.4) is 0 Å². The fourth-order valence-electron chi connectivity index (χ4n) is 6.17. The van der Waals surface area contributed by atoms with Gasteiger partial charge in [0, 0.05) is 11.6 Å². The number of hydrogen-bond acceptors (Lipinski definition) is 5. The molecule has 0 fully saturated rings. The van der Waals surface area contributed by atoms with E-state index in [0.29, 0.717) is 12.2 Å². The quantitative estimate of drug-likeness (QED) is 0.0960. The van der Waals surface area contributed by atoms with Gasteiger partial charge in [0.15, 0.2) is 6.61 Å². The van der Waals surface area contributed by atoms with E-state index in [1.165, 1.54) is 0 Å². The molecule has 8 nitrogen and oxygen atoms in total. The summed E-state index contributed by atoms with van der Waals surface area (Å²) in [5.41, 5.74) is 2.67. The van der Waals surface area contributed by atoms with E-state index in [1.807, 2.05) is 107 Å². The van der Waals surface area contributed by atoms with Crippen LogP contribution >= 0.6 is 0 Å². The highest BCUT2D eigenvalue weighted by Crippen LogP contribution is 2.29. The number of hydrogen-bond donors (Lipinski definition) is 4. The number of amides is 3. The number of carbonyl (C=O) groups excluding carboxylic acids is 3. The smallest absolute Gasteiger partial charge is 0.416 e. The minimum atomic E-state index is -4.55. The van der Waals surface area contributed by atoms with Crippen molar-refractivity contribution in [2.75, 3.05) is 6.61 Å². The normalized spacial score (nSPS) is 13.8. The second-order valence-electron chi connectivity index (χ2n) is 13.8. The summed E-state index contributed by atoms with van der Waals surface area (Å²) in [6.45, 7) is 7.33. The Labute approximate surface area is 309 Å². The van der Waals surface area contributed by atoms with Crippen LogP contribution in [0, 0.1) is 19.8 Å². The standard InChI is InChI=1S/C42H48F3N3O5/c1-27(2)22-36(48-40(51)32-18-20-33(21-19-32)42(43,44)45)41(52)47-35(24-31-16-9-6-10-17-31)37(49)25-34(23-30-14-7-5-8-15-30)46-38(50)26-53-39-28(3)12-11-13-29(39)4/h5-21,27,34-37,49H,22-26H2,1-4H3,(H,46,50)(H,47,52)(H,48,51)/t34-,35-,36-,37-/m0/s1. The van der Waals surface area contributed by atoms with Gasteiger partial charge in [-0.25, -0.2) is 0 Å². The van der Waals surface area contributed by atoms with E-state index in [-0.39, 0.29) is 43.3 Å². The predicted octanol–water partition coefficient (Wildman–Crippen LogP) is 6.75. The first-order valence-corrected chi connectivity index (χ1v) is 17.7. The van der Waals surface area contributed by atoms with E-state index in [2.05, 4.69) is 16.0 Å². The highest BCUT2D eigenvalue weighted by molar-refractivity contribution is 5.97. The lowest BCUT2D eigenvalue weighted by molar-refractivity contribution is -0.137. The summed E-state index contributed by atoms with van der Waals surface area (Å²) in [7, 11) is 0. The summed E-state index contributed by atoms with van der Waals surface area (Å²) in [6.07, 6.45) is -4.73. The van der Waals surface area contributed by atoms with Crippen LogP contribution in [0.4, 0.5) is 13.2 Å². The zero-order valence-corrected chi connectivity index (χ0v) is 30.5. The Hall–Kier alpha value is -5.16. The van der Waals surface area contributed by atoms with Gasteiger partial charge in [-0.2, -0.15) is 13.2 Å². The fraction of sp³-hybridized carbons (Fsp3) is 0.357. The summed E-state index contributed by atoms with van der Waals surface area (Å²) in [5.74, 6) is -1.02. The fourth-order valence-corrected chi connectivity index (χ4v) is 6.17. The molecule has 0 aliphatic rings. The Balaban J connectivity index is 1.53. The van der Waals surface area contributed by atoms with Gasteiger partial charge < -0.3 is 25.8 Å². The van der Waals surface area contributed by atoms with E-state index in [9.17, 15) is 32.7 Å². The number of nitrogens with one attached hydrogen (secondary N) is 3. The van der Waals surface area contributed by atoms with Crippen molar-refractivity contribution >= 4 is 17.7 Å². The highest BCUT2D eigenvalue weighted by Gasteiger charge is 2.32. The molecule has 0 radical (unpaired) electrons. The molecule has 11 heteroatoms. The third-order valence-corrected chi connectivity index (χ3v) is 8.87. The topological polar surface area (TPSA) is 117 Å². The maximum atomic E-state index is 13.9. The summed E-state index contributed by atoms with van der Waals surface area (Å²) >= 11 is 0. The third-order valence-electron chi connectivity index (χ3n) is 8.87. The average Bonchev–Trinajstić information content (AvgIpc) is 3.11. The molecule has 0 saturated heterocycles.